The van der Waals surface area contributed by atoms with Crippen LogP contribution in [0.15, 0.2) is 45.6 Å². The molecule has 0 aliphatic rings. The molecule has 0 saturated heterocycles. The summed E-state index contributed by atoms with van der Waals surface area (Å²) < 4.78 is 19.4. The van der Waals surface area contributed by atoms with Crippen molar-refractivity contribution in [2.75, 3.05) is 0 Å². The van der Waals surface area contributed by atoms with Crippen LogP contribution in [0.4, 0.5) is 4.39 Å². The van der Waals surface area contributed by atoms with Gasteiger partial charge in [0.15, 0.2) is 5.76 Å². The third kappa shape index (κ3) is 2.51. The Morgan fingerprint density at radius 3 is 2.52 bits per heavy atom. The van der Waals surface area contributed by atoms with Gasteiger partial charge in [-0.2, -0.15) is 0 Å². The Bertz CT molecular complexity index is 903. The standard InChI is InChI=1S/C15H7ClFIO3/c16-8-3-1-7(2-4-8)15-14(20)13(19)9-5-11(18)10(17)6-12(9)21-15/h1-6,20H. The highest BCUT2D eigenvalue weighted by molar-refractivity contribution is 14.1. The summed E-state index contributed by atoms with van der Waals surface area (Å²) in [6.07, 6.45) is 0. The molecule has 0 radical (unpaired) electrons. The minimum Gasteiger partial charge on any atom is -0.502 e. The van der Waals surface area contributed by atoms with Crippen LogP contribution < -0.4 is 5.43 Å². The van der Waals surface area contributed by atoms with Crippen LogP contribution in [0.5, 0.6) is 5.75 Å². The molecule has 0 bridgehead atoms. The molecule has 6 heteroatoms. The van der Waals surface area contributed by atoms with E-state index in [0.717, 1.165) is 6.07 Å². The highest BCUT2D eigenvalue weighted by atomic mass is 127. The van der Waals surface area contributed by atoms with Crippen molar-refractivity contribution >= 4 is 45.2 Å². The highest BCUT2D eigenvalue weighted by Gasteiger charge is 2.16. The first kappa shape index (κ1) is 14.3. The van der Waals surface area contributed by atoms with Gasteiger partial charge in [-0.15, -0.1) is 0 Å². The van der Waals surface area contributed by atoms with E-state index in [1.54, 1.807) is 46.9 Å². The third-order valence-corrected chi connectivity index (χ3v) is 4.09. The van der Waals surface area contributed by atoms with Gasteiger partial charge >= 0.3 is 0 Å². The van der Waals surface area contributed by atoms with Crippen molar-refractivity contribution in [3.63, 3.8) is 0 Å². The number of hydrogen-bond acceptors (Lipinski definition) is 3. The molecule has 0 spiro atoms. The van der Waals surface area contributed by atoms with Crippen LogP contribution in [0.1, 0.15) is 0 Å². The summed E-state index contributed by atoms with van der Waals surface area (Å²) in [4.78, 5) is 12.2. The van der Waals surface area contributed by atoms with Crippen LogP contribution >= 0.6 is 34.2 Å². The lowest BCUT2D eigenvalue weighted by molar-refractivity contribution is 0.448. The number of benzene rings is 2. The van der Waals surface area contributed by atoms with E-state index in [1.165, 1.54) is 6.07 Å². The predicted octanol–water partition coefficient (Wildman–Crippen LogP) is 4.56. The Balaban J connectivity index is 2.34. The summed E-state index contributed by atoms with van der Waals surface area (Å²) in [5.74, 6) is -1.00. The lowest BCUT2D eigenvalue weighted by atomic mass is 10.1. The van der Waals surface area contributed by atoms with E-state index in [4.69, 9.17) is 16.0 Å². The Morgan fingerprint density at radius 2 is 1.86 bits per heavy atom. The minimum atomic E-state index is -0.598. The maximum absolute atomic E-state index is 13.6. The fourth-order valence-corrected chi connectivity index (χ4v) is 2.57. The van der Waals surface area contributed by atoms with E-state index < -0.39 is 17.0 Å². The molecule has 0 saturated carbocycles. The van der Waals surface area contributed by atoms with Crippen LogP contribution in [-0.4, -0.2) is 5.11 Å². The zero-order valence-corrected chi connectivity index (χ0v) is 13.3. The van der Waals surface area contributed by atoms with Gasteiger partial charge in [-0.1, -0.05) is 11.6 Å². The Hall–Kier alpha value is -1.60. The number of halogens is 3. The van der Waals surface area contributed by atoms with Gasteiger partial charge < -0.3 is 9.52 Å². The lowest BCUT2D eigenvalue weighted by Crippen LogP contribution is -2.03. The van der Waals surface area contributed by atoms with E-state index in [2.05, 4.69) is 0 Å². The summed E-state index contributed by atoms with van der Waals surface area (Å²) in [5.41, 5.74) is -0.0327. The molecule has 3 nitrogen and oxygen atoms in total. The molecule has 21 heavy (non-hydrogen) atoms. The lowest BCUT2D eigenvalue weighted by Gasteiger charge is -2.07. The Labute approximate surface area is 137 Å². The molecule has 106 valence electrons. The van der Waals surface area contributed by atoms with Crippen LogP contribution in [0, 0.1) is 9.39 Å². The Morgan fingerprint density at radius 1 is 1.19 bits per heavy atom. The molecule has 0 aliphatic heterocycles. The van der Waals surface area contributed by atoms with Gasteiger partial charge in [0.05, 0.1) is 5.39 Å². The van der Waals surface area contributed by atoms with Crippen molar-refractivity contribution < 1.29 is 13.9 Å². The SMILES string of the molecule is O=c1c(O)c(-c2ccc(Cl)cc2)oc2cc(F)c(I)cc12. The second-order valence-electron chi connectivity index (χ2n) is 4.38. The second kappa shape index (κ2) is 5.31. The van der Waals surface area contributed by atoms with Crippen molar-refractivity contribution in [1.82, 2.24) is 0 Å². The van der Waals surface area contributed by atoms with E-state index in [-0.39, 0.29) is 20.3 Å². The first-order chi connectivity index (χ1) is 9.97. The summed E-state index contributed by atoms with van der Waals surface area (Å²) in [6.45, 7) is 0. The van der Waals surface area contributed by atoms with Gasteiger partial charge in [0.1, 0.15) is 11.4 Å². The average molecular weight is 417 g/mol. The van der Waals surface area contributed by atoms with Gasteiger partial charge in [-0.25, -0.2) is 4.39 Å². The Kier molecular flexibility index (Phi) is 3.62. The summed E-state index contributed by atoms with van der Waals surface area (Å²) >= 11 is 7.57. The van der Waals surface area contributed by atoms with Crippen LogP contribution in [0.2, 0.25) is 5.02 Å². The van der Waals surface area contributed by atoms with Crippen LogP contribution in [0.25, 0.3) is 22.3 Å². The normalized spacial score (nSPS) is 11.0. The monoisotopic (exact) mass is 416 g/mol. The van der Waals surface area contributed by atoms with Gasteiger partial charge in [0.2, 0.25) is 11.2 Å². The number of hydrogen-bond donors (Lipinski definition) is 1. The van der Waals surface area contributed by atoms with Crippen molar-refractivity contribution in [2.24, 2.45) is 0 Å². The fraction of sp³-hybridized carbons (Fsp3) is 0. The summed E-state index contributed by atoms with van der Waals surface area (Å²) in [6, 6.07) is 8.91. The summed E-state index contributed by atoms with van der Waals surface area (Å²) in [7, 11) is 0. The molecule has 0 unspecified atom stereocenters. The molecular weight excluding hydrogens is 410 g/mol. The molecular formula is C15H7ClFIO3. The van der Waals surface area contributed by atoms with Crippen molar-refractivity contribution in [3.8, 4) is 17.1 Å². The van der Waals surface area contributed by atoms with Gasteiger partial charge in [0.25, 0.3) is 0 Å². The average Bonchev–Trinajstić information content (AvgIpc) is 2.46. The molecule has 2 aromatic carbocycles. The molecule has 3 rings (SSSR count). The van der Waals surface area contributed by atoms with E-state index >= 15 is 0 Å². The maximum atomic E-state index is 13.6. The highest BCUT2D eigenvalue weighted by Crippen LogP contribution is 2.31. The molecule has 3 aromatic rings. The van der Waals surface area contributed by atoms with Gasteiger partial charge in [-0.3, -0.25) is 4.79 Å². The number of fused-ring (bicyclic) bond motifs is 1. The molecule has 0 atom stereocenters. The zero-order chi connectivity index (χ0) is 15.1. The van der Waals surface area contributed by atoms with Crippen molar-refractivity contribution in [2.45, 2.75) is 0 Å². The largest absolute Gasteiger partial charge is 0.502 e. The van der Waals surface area contributed by atoms with E-state index in [0.29, 0.717) is 10.6 Å². The van der Waals surface area contributed by atoms with Crippen molar-refractivity contribution in [1.29, 1.82) is 0 Å². The smallest absolute Gasteiger partial charge is 0.235 e. The van der Waals surface area contributed by atoms with Crippen molar-refractivity contribution in [3.05, 3.63) is 61.0 Å². The molecule has 0 amide bonds. The second-order valence-corrected chi connectivity index (χ2v) is 5.98. The summed E-state index contributed by atoms with van der Waals surface area (Å²) in [5, 5.41) is 10.7. The van der Waals surface area contributed by atoms with E-state index in [9.17, 15) is 14.3 Å². The van der Waals surface area contributed by atoms with Gasteiger partial charge in [0, 0.05) is 20.2 Å². The van der Waals surface area contributed by atoms with Crippen LogP contribution in [-0.2, 0) is 0 Å². The molecule has 0 fully saturated rings. The first-order valence-corrected chi connectivity index (χ1v) is 7.34. The zero-order valence-electron chi connectivity index (χ0n) is 10.4. The quantitative estimate of drug-likeness (QED) is 0.592. The molecule has 1 N–H and O–H groups in total. The molecule has 1 heterocycles. The maximum Gasteiger partial charge on any atom is 0.235 e. The minimum absolute atomic E-state index is 0.00947. The first-order valence-electron chi connectivity index (χ1n) is 5.88. The third-order valence-electron chi connectivity index (χ3n) is 3.02. The topological polar surface area (TPSA) is 50.4 Å². The van der Waals surface area contributed by atoms with E-state index in [1.807, 2.05) is 0 Å². The predicted molar refractivity (Wildman–Crippen MR) is 87.3 cm³/mol. The van der Waals surface area contributed by atoms with Gasteiger partial charge in [-0.05, 0) is 52.9 Å². The number of aromatic hydroxyl groups is 1. The molecule has 0 aliphatic carbocycles. The van der Waals surface area contributed by atoms with Crippen LogP contribution in [0.3, 0.4) is 0 Å². The number of rotatable bonds is 1. The molecule has 1 aromatic heterocycles. The fourth-order valence-electron chi connectivity index (χ4n) is 1.98.